The van der Waals surface area contributed by atoms with Crippen LogP contribution in [0.1, 0.15) is 39.7 Å². The third-order valence-corrected chi connectivity index (χ3v) is 2.89. The summed E-state index contributed by atoms with van der Waals surface area (Å²) in [6.45, 7) is 9.30. The first-order chi connectivity index (χ1) is 9.63. The van der Waals surface area contributed by atoms with Crippen molar-refractivity contribution in [3.63, 3.8) is 0 Å². The van der Waals surface area contributed by atoms with Gasteiger partial charge in [0, 0.05) is 18.7 Å². The average molecular weight is 279 g/mol. The van der Waals surface area contributed by atoms with Gasteiger partial charge in [0.05, 0.1) is 0 Å². The predicted molar refractivity (Wildman–Crippen MR) is 82.0 cm³/mol. The molecule has 1 heterocycles. The number of nitrogens with one attached hydrogen (secondary N) is 3. The molecular formula is C14H25N5O. The van der Waals surface area contributed by atoms with Crippen LogP contribution in [-0.4, -0.2) is 35.0 Å². The molecule has 0 aromatic carbocycles. The zero-order valence-electron chi connectivity index (χ0n) is 12.8. The Balaban J connectivity index is 2.92. The molecule has 1 aromatic rings. The van der Waals surface area contributed by atoms with E-state index in [2.05, 4.69) is 32.8 Å². The molecule has 20 heavy (non-hydrogen) atoms. The van der Waals surface area contributed by atoms with Gasteiger partial charge in [-0.05, 0) is 27.2 Å². The molecular weight excluding hydrogens is 254 g/mol. The third kappa shape index (κ3) is 4.36. The second-order valence-electron chi connectivity index (χ2n) is 4.59. The molecule has 1 aromatic heterocycles. The number of nitrogens with zero attached hydrogens (tertiary/aromatic N) is 2. The van der Waals surface area contributed by atoms with Crippen molar-refractivity contribution >= 4 is 17.5 Å². The van der Waals surface area contributed by atoms with Gasteiger partial charge in [-0.25, -0.2) is 9.97 Å². The summed E-state index contributed by atoms with van der Waals surface area (Å²) in [5.74, 6) is 1.55. The van der Waals surface area contributed by atoms with E-state index in [0.29, 0.717) is 6.54 Å². The highest BCUT2D eigenvalue weighted by Crippen LogP contribution is 2.22. The fraction of sp³-hybridized carbons (Fsp3) is 0.643. The highest BCUT2D eigenvalue weighted by atomic mass is 16.2. The first-order valence-electron chi connectivity index (χ1n) is 7.25. The SMILES string of the molecule is CCCc1c(NCC)ncnc1NC(C)C(=O)NCC. The van der Waals surface area contributed by atoms with Gasteiger partial charge in [-0.1, -0.05) is 13.3 Å². The zero-order chi connectivity index (χ0) is 15.0. The monoisotopic (exact) mass is 279 g/mol. The Kier molecular flexibility index (Phi) is 6.76. The maximum atomic E-state index is 11.8. The van der Waals surface area contributed by atoms with Gasteiger partial charge in [0.2, 0.25) is 5.91 Å². The van der Waals surface area contributed by atoms with Crippen LogP contribution in [-0.2, 0) is 11.2 Å². The lowest BCUT2D eigenvalue weighted by Crippen LogP contribution is -2.37. The van der Waals surface area contributed by atoms with Crippen molar-refractivity contribution in [2.24, 2.45) is 0 Å². The van der Waals surface area contributed by atoms with Crippen LogP contribution in [0.15, 0.2) is 6.33 Å². The average Bonchev–Trinajstić information content (AvgIpc) is 2.43. The van der Waals surface area contributed by atoms with Crippen LogP contribution in [0.4, 0.5) is 11.6 Å². The van der Waals surface area contributed by atoms with E-state index in [1.807, 2.05) is 20.8 Å². The van der Waals surface area contributed by atoms with Gasteiger partial charge in [0.15, 0.2) is 0 Å². The van der Waals surface area contributed by atoms with Crippen molar-refractivity contribution in [1.29, 1.82) is 0 Å². The van der Waals surface area contributed by atoms with Crippen molar-refractivity contribution in [1.82, 2.24) is 15.3 Å². The van der Waals surface area contributed by atoms with Crippen molar-refractivity contribution in [2.45, 2.75) is 46.6 Å². The smallest absolute Gasteiger partial charge is 0.242 e. The van der Waals surface area contributed by atoms with Crippen LogP contribution in [0.5, 0.6) is 0 Å². The Morgan fingerprint density at radius 1 is 1.20 bits per heavy atom. The summed E-state index contributed by atoms with van der Waals surface area (Å²) in [7, 11) is 0. The fourth-order valence-electron chi connectivity index (χ4n) is 1.94. The van der Waals surface area contributed by atoms with E-state index in [9.17, 15) is 4.79 Å². The van der Waals surface area contributed by atoms with Gasteiger partial charge in [-0.15, -0.1) is 0 Å². The molecule has 6 nitrogen and oxygen atoms in total. The maximum absolute atomic E-state index is 11.8. The van der Waals surface area contributed by atoms with E-state index >= 15 is 0 Å². The Labute approximate surface area is 120 Å². The van der Waals surface area contributed by atoms with Crippen LogP contribution >= 0.6 is 0 Å². The number of aromatic nitrogens is 2. The molecule has 0 spiro atoms. The molecule has 3 N–H and O–H groups in total. The quantitative estimate of drug-likeness (QED) is 0.676. The van der Waals surface area contributed by atoms with Crippen LogP contribution in [0.3, 0.4) is 0 Å². The van der Waals surface area contributed by atoms with Crippen LogP contribution < -0.4 is 16.0 Å². The fourth-order valence-corrected chi connectivity index (χ4v) is 1.94. The number of rotatable bonds is 8. The molecule has 1 rings (SSSR count). The van der Waals surface area contributed by atoms with E-state index in [1.165, 1.54) is 6.33 Å². The molecule has 1 amide bonds. The van der Waals surface area contributed by atoms with Crippen LogP contribution in [0, 0.1) is 0 Å². The zero-order valence-corrected chi connectivity index (χ0v) is 12.8. The van der Waals surface area contributed by atoms with E-state index < -0.39 is 0 Å². The largest absolute Gasteiger partial charge is 0.370 e. The van der Waals surface area contributed by atoms with Crippen LogP contribution in [0.2, 0.25) is 0 Å². The maximum Gasteiger partial charge on any atom is 0.242 e. The number of carbonyl (C=O) groups is 1. The molecule has 0 saturated heterocycles. The minimum absolute atomic E-state index is 0.0291. The van der Waals surface area contributed by atoms with Crippen molar-refractivity contribution < 1.29 is 4.79 Å². The number of carbonyl (C=O) groups excluding carboxylic acids is 1. The van der Waals surface area contributed by atoms with Crippen LogP contribution in [0.25, 0.3) is 0 Å². The van der Waals surface area contributed by atoms with Crippen molar-refractivity contribution in [2.75, 3.05) is 23.7 Å². The first-order valence-corrected chi connectivity index (χ1v) is 7.25. The molecule has 0 saturated carbocycles. The Hall–Kier alpha value is -1.85. The predicted octanol–water partition coefficient (Wildman–Crippen LogP) is 1.80. The minimum Gasteiger partial charge on any atom is -0.370 e. The van der Waals surface area contributed by atoms with Gasteiger partial charge in [0.25, 0.3) is 0 Å². The Bertz CT molecular complexity index is 436. The summed E-state index contributed by atoms with van der Waals surface area (Å²) in [4.78, 5) is 20.3. The summed E-state index contributed by atoms with van der Waals surface area (Å²) in [6.07, 6.45) is 3.38. The second-order valence-corrected chi connectivity index (χ2v) is 4.59. The summed E-state index contributed by atoms with van der Waals surface area (Å²) in [5.41, 5.74) is 1.04. The summed E-state index contributed by atoms with van der Waals surface area (Å²) in [5, 5.41) is 9.21. The number of anilines is 2. The molecule has 0 aliphatic carbocycles. The van der Waals surface area contributed by atoms with Gasteiger partial charge < -0.3 is 16.0 Å². The molecule has 0 aliphatic rings. The number of hydrogen-bond donors (Lipinski definition) is 3. The number of likely N-dealkylation sites (N-methyl/N-ethyl adjacent to an activating group) is 1. The normalized spacial score (nSPS) is 11.8. The Morgan fingerprint density at radius 3 is 2.50 bits per heavy atom. The highest BCUT2D eigenvalue weighted by molar-refractivity contribution is 5.84. The molecule has 1 unspecified atom stereocenters. The molecule has 6 heteroatoms. The van der Waals surface area contributed by atoms with Crippen molar-refractivity contribution in [3.8, 4) is 0 Å². The lowest BCUT2D eigenvalue weighted by molar-refractivity contribution is -0.121. The van der Waals surface area contributed by atoms with Gasteiger partial charge in [-0.2, -0.15) is 0 Å². The topological polar surface area (TPSA) is 78.9 Å². The molecule has 0 aliphatic heterocycles. The number of hydrogen-bond acceptors (Lipinski definition) is 5. The van der Waals surface area contributed by atoms with E-state index in [4.69, 9.17) is 0 Å². The van der Waals surface area contributed by atoms with E-state index in [1.54, 1.807) is 0 Å². The lowest BCUT2D eigenvalue weighted by atomic mass is 10.1. The lowest BCUT2D eigenvalue weighted by Gasteiger charge is -2.18. The van der Waals surface area contributed by atoms with Gasteiger partial charge in [-0.3, -0.25) is 4.79 Å². The molecule has 1 atom stereocenters. The van der Waals surface area contributed by atoms with E-state index in [-0.39, 0.29) is 11.9 Å². The summed E-state index contributed by atoms with van der Waals surface area (Å²) in [6, 6.07) is -0.324. The summed E-state index contributed by atoms with van der Waals surface area (Å²) < 4.78 is 0. The Morgan fingerprint density at radius 2 is 1.90 bits per heavy atom. The first kappa shape index (κ1) is 16.2. The molecule has 0 fully saturated rings. The molecule has 0 bridgehead atoms. The summed E-state index contributed by atoms with van der Waals surface area (Å²) >= 11 is 0. The standard InChI is InChI=1S/C14H25N5O/c1-5-8-11-12(15-6-2)17-9-18-13(11)19-10(4)14(20)16-7-3/h9-10H,5-8H2,1-4H3,(H,16,20)(H2,15,17,18,19). The molecule has 0 radical (unpaired) electrons. The number of amides is 1. The van der Waals surface area contributed by atoms with Crippen molar-refractivity contribution in [3.05, 3.63) is 11.9 Å². The van der Waals surface area contributed by atoms with E-state index in [0.717, 1.165) is 36.6 Å². The highest BCUT2D eigenvalue weighted by Gasteiger charge is 2.16. The van der Waals surface area contributed by atoms with Gasteiger partial charge in [0.1, 0.15) is 24.0 Å². The van der Waals surface area contributed by atoms with Gasteiger partial charge >= 0.3 is 0 Å². The second kappa shape index (κ2) is 8.35. The third-order valence-electron chi connectivity index (χ3n) is 2.89. The molecule has 112 valence electrons. The minimum atomic E-state index is -0.324.